The number of halogens is 1. The molecule has 17 heavy (non-hydrogen) atoms. The maximum Gasteiger partial charge on any atom is 0.141 e. The van der Waals surface area contributed by atoms with Gasteiger partial charge in [0.2, 0.25) is 0 Å². The third-order valence-corrected chi connectivity index (χ3v) is 3.57. The average Bonchev–Trinajstić information content (AvgIpc) is 2.74. The molecule has 4 heteroatoms. The monoisotopic (exact) mass is 250 g/mol. The van der Waals surface area contributed by atoms with Crippen LogP contribution in [0.4, 0.5) is 4.39 Å². The summed E-state index contributed by atoms with van der Waals surface area (Å²) in [6.45, 7) is 4.98. The summed E-state index contributed by atoms with van der Waals surface area (Å²) in [5.41, 5.74) is 0.857. The van der Waals surface area contributed by atoms with Crippen LogP contribution in [0.25, 0.3) is 0 Å². The molecule has 0 bridgehead atoms. The molecule has 0 radical (unpaired) electrons. The SMILES string of the molecule is CCNC(c1ccc(F)cn1)c1ccc(C)s1. The van der Waals surface area contributed by atoms with Gasteiger partial charge < -0.3 is 5.32 Å². The number of pyridine rings is 1. The molecule has 2 aromatic rings. The third kappa shape index (κ3) is 2.90. The minimum atomic E-state index is -0.300. The van der Waals surface area contributed by atoms with Crippen LogP contribution in [-0.2, 0) is 0 Å². The van der Waals surface area contributed by atoms with Crippen LogP contribution in [0.2, 0.25) is 0 Å². The van der Waals surface area contributed by atoms with E-state index in [1.54, 1.807) is 17.4 Å². The summed E-state index contributed by atoms with van der Waals surface area (Å²) < 4.78 is 12.9. The van der Waals surface area contributed by atoms with Crippen LogP contribution in [0, 0.1) is 12.7 Å². The molecule has 0 fully saturated rings. The van der Waals surface area contributed by atoms with Gasteiger partial charge in [-0.05, 0) is 37.7 Å². The number of nitrogens with one attached hydrogen (secondary N) is 1. The fourth-order valence-corrected chi connectivity index (χ4v) is 2.69. The average molecular weight is 250 g/mol. The lowest BCUT2D eigenvalue weighted by Crippen LogP contribution is -2.22. The molecule has 90 valence electrons. The van der Waals surface area contributed by atoms with Crippen molar-refractivity contribution < 1.29 is 4.39 Å². The van der Waals surface area contributed by atoms with Crippen LogP contribution in [0.5, 0.6) is 0 Å². The Labute approximate surface area is 105 Å². The topological polar surface area (TPSA) is 24.9 Å². The number of hydrogen-bond donors (Lipinski definition) is 1. The minimum absolute atomic E-state index is 0.0549. The standard InChI is InChI=1S/C13H15FN2S/c1-3-15-13(12-7-4-9(2)17-12)11-6-5-10(14)8-16-11/h4-8,13,15H,3H2,1-2H3. The molecule has 0 saturated carbocycles. The fraction of sp³-hybridized carbons (Fsp3) is 0.308. The highest BCUT2D eigenvalue weighted by molar-refractivity contribution is 7.12. The maximum absolute atomic E-state index is 12.9. The number of aryl methyl sites for hydroxylation is 1. The van der Waals surface area contributed by atoms with E-state index in [0.717, 1.165) is 12.2 Å². The van der Waals surface area contributed by atoms with Gasteiger partial charge in [0.1, 0.15) is 5.82 Å². The van der Waals surface area contributed by atoms with Gasteiger partial charge in [-0.2, -0.15) is 0 Å². The number of rotatable bonds is 4. The van der Waals surface area contributed by atoms with Crippen molar-refractivity contribution in [3.63, 3.8) is 0 Å². The first kappa shape index (κ1) is 12.2. The van der Waals surface area contributed by atoms with Crippen LogP contribution in [0.3, 0.4) is 0 Å². The largest absolute Gasteiger partial charge is 0.305 e. The summed E-state index contributed by atoms with van der Waals surface area (Å²) in [6.07, 6.45) is 1.26. The van der Waals surface area contributed by atoms with Crippen molar-refractivity contribution >= 4 is 11.3 Å². The first-order valence-electron chi connectivity index (χ1n) is 5.62. The molecule has 2 heterocycles. The molecule has 1 unspecified atom stereocenters. The van der Waals surface area contributed by atoms with Gasteiger partial charge in [0.15, 0.2) is 0 Å². The highest BCUT2D eigenvalue weighted by Crippen LogP contribution is 2.27. The van der Waals surface area contributed by atoms with E-state index in [4.69, 9.17) is 0 Å². The second kappa shape index (κ2) is 5.38. The van der Waals surface area contributed by atoms with Crippen LogP contribution >= 0.6 is 11.3 Å². The van der Waals surface area contributed by atoms with E-state index < -0.39 is 0 Å². The van der Waals surface area contributed by atoms with Crippen LogP contribution in [0.15, 0.2) is 30.5 Å². The van der Waals surface area contributed by atoms with Crippen LogP contribution < -0.4 is 5.32 Å². The number of nitrogens with zero attached hydrogens (tertiary/aromatic N) is 1. The third-order valence-electron chi connectivity index (χ3n) is 2.50. The molecule has 2 aromatic heterocycles. The minimum Gasteiger partial charge on any atom is -0.305 e. The zero-order valence-electron chi connectivity index (χ0n) is 9.90. The Morgan fingerprint density at radius 1 is 1.35 bits per heavy atom. The van der Waals surface area contributed by atoms with E-state index in [2.05, 4.69) is 36.3 Å². The van der Waals surface area contributed by atoms with Crippen molar-refractivity contribution in [1.29, 1.82) is 0 Å². The van der Waals surface area contributed by atoms with Gasteiger partial charge in [-0.3, -0.25) is 4.98 Å². The van der Waals surface area contributed by atoms with E-state index >= 15 is 0 Å². The van der Waals surface area contributed by atoms with Crippen molar-refractivity contribution in [2.45, 2.75) is 19.9 Å². The van der Waals surface area contributed by atoms with E-state index in [9.17, 15) is 4.39 Å². The highest BCUT2D eigenvalue weighted by atomic mass is 32.1. The number of hydrogen-bond acceptors (Lipinski definition) is 3. The predicted molar refractivity (Wildman–Crippen MR) is 68.8 cm³/mol. The molecular weight excluding hydrogens is 235 g/mol. The molecular formula is C13H15FN2S. The summed E-state index contributed by atoms with van der Waals surface area (Å²) in [6, 6.07) is 7.43. The first-order valence-corrected chi connectivity index (χ1v) is 6.43. The Balaban J connectivity index is 2.31. The van der Waals surface area contributed by atoms with Crippen LogP contribution in [0.1, 0.15) is 28.4 Å². The molecule has 2 nitrogen and oxygen atoms in total. The van der Waals surface area contributed by atoms with E-state index in [0.29, 0.717) is 0 Å². The lowest BCUT2D eigenvalue weighted by molar-refractivity contribution is 0.599. The van der Waals surface area contributed by atoms with Crippen molar-refractivity contribution in [2.24, 2.45) is 0 Å². The summed E-state index contributed by atoms with van der Waals surface area (Å²) >= 11 is 1.74. The molecule has 0 aromatic carbocycles. The summed E-state index contributed by atoms with van der Waals surface area (Å²) in [7, 11) is 0. The van der Waals surface area contributed by atoms with Gasteiger partial charge in [0.05, 0.1) is 17.9 Å². The summed E-state index contributed by atoms with van der Waals surface area (Å²) in [5, 5.41) is 3.37. The molecule has 1 N–H and O–H groups in total. The zero-order valence-corrected chi connectivity index (χ0v) is 10.7. The van der Waals surface area contributed by atoms with Gasteiger partial charge >= 0.3 is 0 Å². The molecule has 0 spiro atoms. The lowest BCUT2D eigenvalue weighted by atomic mass is 10.1. The number of aromatic nitrogens is 1. The van der Waals surface area contributed by atoms with Gasteiger partial charge in [-0.15, -0.1) is 11.3 Å². The van der Waals surface area contributed by atoms with Crippen molar-refractivity contribution in [3.05, 3.63) is 51.7 Å². The quantitative estimate of drug-likeness (QED) is 0.900. The van der Waals surface area contributed by atoms with Gasteiger partial charge in [0.25, 0.3) is 0 Å². The molecule has 0 aliphatic rings. The predicted octanol–water partition coefficient (Wildman–Crippen LogP) is 3.29. The van der Waals surface area contributed by atoms with E-state index in [1.165, 1.54) is 22.0 Å². The molecule has 0 saturated heterocycles. The lowest BCUT2D eigenvalue weighted by Gasteiger charge is -2.15. The Morgan fingerprint density at radius 3 is 2.71 bits per heavy atom. The first-order chi connectivity index (χ1) is 8.20. The molecule has 0 amide bonds. The second-order valence-corrected chi connectivity index (χ2v) is 5.16. The summed E-state index contributed by atoms with van der Waals surface area (Å²) in [5.74, 6) is -0.300. The Morgan fingerprint density at radius 2 is 2.18 bits per heavy atom. The van der Waals surface area contributed by atoms with Crippen molar-refractivity contribution in [3.8, 4) is 0 Å². The Bertz CT molecular complexity index is 478. The molecule has 2 rings (SSSR count). The maximum atomic E-state index is 12.9. The van der Waals surface area contributed by atoms with E-state index in [-0.39, 0.29) is 11.9 Å². The second-order valence-electron chi connectivity index (χ2n) is 3.84. The molecule has 0 aliphatic carbocycles. The smallest absolute Gasteiger partial charge is 0.141 e. The molecule has 1 atom stereocenters. The highest BCUT2D eigenvalue weighted by Gasteiger charge is 2.15. The fourth-order valence-electron chi connectivity index (χ4n) is 1.72. The number of thiophene rings is 1. The molecule has 0 aliphatic heterocycles. The van der Waals surface area contributed by atoms with E-state index in [1.807, 2.05) is 0 Å². The Kier molecular flexibility index (Phi) is 3.86. The Hall–Kier alpha value is -1.26. The zero-order chi connectivity index (χ0) is 12.3. The van der Waals surface area contributed by atoms with Crippen molar-refractivity contribution in [1.82, 2.24) is 10.3 Å². The summed E-state index contributed by atoms with van der Waals surface area (Å²) in [4.78, 5) is 6.63. The van der Waals surface area contributed by atoms with Gasteiger partial charge in [-0.1, -0.05) is 6.92 Å². The van der Waals surface area contributed by atoms with Gasteiger partial charge in [0, 0.05) is 9.75 Å². The normalized spacial score (nSPS) is 12.6. The van der Waals surface area contributed by atoms with Crippen LogP contribution in [-0.4, -0.2) is 11.5 Å². The van der Waals surface area contributed by atoms with Gasteiger partial charge in [-0.25, -0.2) is 4.39 Å². The van der Waals surface area contributed by atoms with Crippen molar-refractivity contribution in [2.75, 3.05) is 6.54 Å².